The zero-order chi connectivity index (χ0) is 15.1. The van der Waals surface area contributed by atoms with Crippen LogP contribution >= 0.6 is 21.6 Å². The minimum Gasteiger partial charge on any atom is -0.359 e. The third-order valence-electron chi connectivity index (χ3n) is 2.43. The van der Waals surface area contributed by atoms with Crippen molar-refractivity contribution in [3.05, 3.63) is 24.4 Å². The lowest BCUT2D eigenvalue weighted by Gasteiger charge is -1.99. The number of nitrogens with zero attached hydrogens (tertiary/aromatic N) is 1. The van der Waals surface area contributed by atoms with Crippen molar-refractivity contribution in [3.8, 4) is 0 Å². The van der Waals surface area contributed by atoms with E-state index in [1.807, 2.05) is 18.2 Å². The maximum Gasteiger partial charge on any atom is 0.220 e. The number of aromatic nitrogens is 1. The molecule has 0 bridgehead atoms. The topological polar surface area (TPSA) is 42.0 Å². The van der Waals surface area contributed by atoms with E-state index in [1.165, 1.54) is 25.7 Å². The van der Waals surface area contributed by atoms with Crippen LogP contribution in [0.2, 0.25) is 0 Å². The minimum absolute atomic E-state index is 0.0825. The molecule has 0 saturated carbocycles. The SMILES string of the molecule is CCCCCC.CNC(=O)CCSSc1ccccn1. The maximum absolute atomic E-state index is 10.9. The average molecular weight is 315 g/mol. The minimum atomic E-state index is 0.0825. The third kappa shape index (κ3) is 12.4. The van der Waals surface area contributed by atoms with Crippen LogP contribution in [0.3, 0.4) is 0 Å². The number of unbranched alkanes of at least 4 members (excludes halogenated alkanes) is 3. The average Bonchev–Trinajstić information content (AvgIpc) is 2.51. The number of hydrogen-bond donors (Lipinski definition) is 1. The Morgan fingerprint density at radius 2 is 1.95 bits per heavy atom. The number of rotatable bonds is 8. The lowest BCUT2D eigenvalue weighted by molar-refractivity contribution is -0.120. The molecule has 0 unspecified atom stereocenters. The molecule has 1 rings (SSSR count). The van der Waals surface area contributed by atoms with Crippen molar-refractivity contribution in [2.24, 2.45) is 0 Å². The highest BCUT2D eigenvalue weighted by atomic mass is 33.1. The van der Waals surface area contributed by atoms with E-state index in [2.05, 4.69) is 24.1 Å². The first-order valence-electron chi connectivity index (χ1n) is 7.15. The van der Waals surface area contributed by atoms with E-state index in [4.69, 9.17) is 0 Å². The van der Waals surface area contributed by atoms with Gasteiger partial charge in [-0.3, -0.25) is 4.79 Å². The molecule has 0 saturated heterocycles. The maximum atomic E-state index is 10.9. The molecule has 114 valence electrons. The fraction of sp³-hybridized carbons (Fsp3) is 0.600. The molecule has 0 aliphatic carbocycles. The summed E-state index contributed by atoms with van der Waals surface area (Å²) in [5.41, 5.74) is 0. The van der Waals surface area contributed by atoms with Crippen molar-refractivity contribution in [2.75, 3.05) is 12.8 Å². The van der Waals surface area contributed by atoms with Gasteiger partial charge in [-0.15, -0.1) is 0 Å². The molecular formula is C15H26N2OS2. The van der Waals surface area contributed by atoms with Crippen molar-refractivity contribution >= 4 is 27.5 Å². The van der Waals surface area contributed by atoms with Gasteiger partial charge >= 0.3 is 0 Å². The Balaban J connectivity index is 0.000000511. The largest absolute Gasteiger partial charge is 0.359 e. The number of hydrogen-bond acceptors (Lipinski definition) is 4. The molecular weight excluding hydrogens is 288 g/mol. The first-order chi connectivity index (χ1) is 9.74. The Hall–Kier alpha value is -0.680. The van der Waals surface area contributed by atoms with Gasteiger partial charge in [-0.05, 0) is 22.9 Å². The molecule has 0 aromatic carbocycles. The predicted molar refractivity (Wildman–Crippen MR) is 91.1 cm³/mol. The third-order valence-corrected chi connectivity index (χ3v) is 4.70. The van der Waals surface area contributed by atoms with E-state index < -0.39 is 0 Å². The summed E-state index contributed by atoms with van der Waals surface area (Å²) < 4.78 is 0. The smallest absolute Gasteiger partial charge is 0.220 e. The molecule has 5 heteroatoms. The van der Waals surface area contributed by atoms with Crippen molar-refractivity contribution in [3.63, 3.8) is 0 Å². The number of nitrogens with one attached hydrogen (secondary N) is 1. The fourth-order valence-electron chi connectivity index (χ4n) is 1.26. The number of carbonyl (C=O) groups is 1. The van der Waals surface area contributed by atoms with Crippen LogP contribution < -0.4 is 5.32 Å². The summed E-state index contributed by atoms with van der Waals surface area (Å²) in [4.78, 5) is 15.0. The molecule has 1 heterocycles. The van der Waals surface area contributed by atoms with E-state index >= 15 is 0 Å². The van der Waals surface area contributed by atoms with E-state index in [1.54, 1.807) is 34.8 Å². The second-order valence-corrected chi connectivity index (χ2v) is 6.64. The van der Waals surface area contributed by atoms with Crippen molar-refractivity contribution in [2.45, 2.75) is 51.0 Å². The van der Waals surface area contributed by atoms with E-state index in [0.29, 0.717) is 6.42 Å². The highest BCUT2D eigenvalue weighted by Crippen LogP contribution is 2.29. The Kier molecular flexibility index (Phi) is 14.2. The molecule has 0 atom stereocenters. The van der Waals surface area contributed by atoms with Crippen LogP contribution in [0, 0.1) is 0 Å². The van der Waals surface area contributed by atoms with Gasteiger partial charge in [0, 0.05) is 25.4 Å². The predicted octanol–water partition coefficient (Wildman–Crippen LogP) is 4.54. The van der Waals surface area contributed by atoms with Gasteiger partial charge in [-0.2, -0.15) is 0 Å². The van der Waals surface area contributed by atoms with E-state index in [-0.39, 0.29) is 5.91 Å². The lowest BCUT2D eigenvalue weighted by atomic mass is 10.2. The Bertz CT molecular complexity index is 330. The van der Waals surface area contributed by atoms with Gasteiger partial charge in [-0.1, -0.05) is 56.4 Å². The van der Waals surface area contributed by atoms with Crippen LogP contribution in [-0.2, 0) is 4.79 Å². The van der Waals surface area contributed by atoms with Gasteiger partial charge < -0.3 is 5.32 Å². The zero-order valence-electron chi connectivity index (χ0n) is 12.7. The van der Waals surface area contributed by atoms with E-state index in [9.17, 15) is 4.79 Å². The van der Waals surface area contributed by atoms with Crippen molar-refractivity contribution in [1.29, 1.82) is 0 Å². The zero-order valence-corrected chi connectivity index (χ0v) is 14.4. The number of amides is 1. The molecule has 0 aliphatic heterocycles. The summed E-state index contributed by atoms with van der Waals surface area (Å²) in [6.45, 7) is 4.46. The molecule has 3 nitrogen and oxygen atoms in total. The highest BCUT2D eigenvalue weighted by Gasteiger charge is 1.99. The summed E-state index contributed by atoms with van der Waals surface area (Å²) in [5, 5.41) is 3.57. The monoisotopic (exact) mass is 314 g/mol. The summed E-state index contributed by atoms with van der Waals surface area (Å²) in [6, 6.07) is 5.80. The summed E-state index contributed by atoms with van der Waals surface area (Å²) in [6.07, 6.45) is 7.86. The number of carbonyl (C=O) groups excluding carboxylic acids is 1. The Morgan fingerprint density at radius 1 is 1.25 bits per heavy atom. The van der Waals surface area contributed by atoms with Crippen LogP contribution in [0.5, 0.6) is 0 Å². The summed E-state index contributed by atoms with van der Waals surface area (Å²) in [7, 11) is 4.89. The molecule has 0 fully saturated rings. The van der Waals surface area contributed by atoms with Crippen LogP contribution in [0.15, 0.2) is 29.4 Å². The van der Waals surface area contributed by atoms with Crippen LogP contribution in [0.25, 0.3) is 0 Å². The van der Waals surface area contributed by atoms with Crippen LogP contribution in [0.1, 0.15) is 46.0 Å². The van der Waals surface area contributed by atoms with Crippen LogP contribution in [-0.4, -0.2) is 23.7 Å². The summed E-state index contributed by atoms with van der Waals surface area (Å²) in [5.74, 6) is 0.889. The molecule has 0 aliphatic rings. The Labute approximate surface area is 131 Å². The second kappa shape index (κ2) is 14.7. The first kappa shape index (κ1) is 19.3. The standard InChI is InChI=1S/C9H12N2OS2.C6H14/c1-10-8(12)5-7-13-14-9-4-2-3-6-11-9;1-3-5-6-4-2/h2-4,6H,5,7H2,1H3,(H,10,12);3-6H2,1-2H3. The second-order valence-electron chi connectivity index (χ2n) is 4.20. The highest BCUT2D eigenvalue weighted by molar-refractivity contribution is 8.76. The first-order valence-corrected chi connectivity index (χ1v) is 9.47. The van der Waals surface area contributed by atoms with Gasteiger partial charge in [0.2, 0.25) is 5.91 Å². The lowest BCUT2D eigenvalue weighted by Crippen LogP contribution is -2.17. The molecule has 1 N–H and O–H groups in total. The molecule has 0 spiro atoms. The van der Waals surface area contributed by atoms with Crippen LogP contribution in [0.4, 0.5) is 0 Å². The van der Waals surface area contributed by atoms with Gasteiger partial charge in [0.1, 0.15) is 5.03 Å². The van der Waals surface area contributed by atoms with Crippen molar-refractivity contribution < 1.29 is 4.79 Å². The van der Waals surface area contributed by atoms with E-state index in [0.717, 1.165) is 10.8 Å². The molecule has 0 radical (unpaired) electrons. The molecule has 1 amide bonds. The molecule has 20 heavy (non-hydrogen) atoms. The molecule has 1 aromatic rings. The quantitative estimate of drug-likeness (QED) is 0.565. The summed E-state index contributed by atoms with van der Waals surface area (Å²) >= 11 is 0. The normalized spacial score (nSPS) is 9.55. The number of pyridine rings is 1. The van der Waals surface area contributed by atoms with Gasteiger partial charge in [0.05, 0.1) is 0 Å². The van der Waals surface area contributed by atoms with Gasteiger partial charge in [0.25, 0.3) is 0 Å². The Morgan fingerprint density at radius 3 is 2.45 bits per heavy atom. The van der Waals surface area contributed by atoms with Crippen molar-refractivity contribution in [1.82, 2.24) is 10.3 Å². The molecule has 1 aromatic heterocycles. The fourth-order valence-corrected chi connectivity index (χ4v) is 3.13. The van der Waals surface area contributed by atoms with Gasteiger partial charge in [0.15, 0.2) is 0 Å². The van der Waals surface area contributed by atoms with Gasteiger partial charge in [-0.25, -0.2) is 4.98 Å².